The summed E-state index contributed by atoms with van der Waals surface area (Å²) in [6, 6.07) is 7.02. The molecule has 0 spiro atoms. The molecule has 1 N–H and O–H groups in total. The number of ether oxygens (including phenoxy) is 1. The van der Waals surface area contributed by atoms with Crippen molar-refractivity contribution >= 4 is 38.4 Å². The Balaban J connectivity index is 1.62. The number of methoxy groups -OCH3 is 1. The number of rotatable bonds is 7. The monoisotopic (exact) mass is 453 g/mol. The standard InChI is InChI=1S/C22H23N5O4S/c1-13-14(2)32-21-19(13)22(30)27(12-23-21)11-18(28)26(8-9-31-3)10-17-24-16-7-5-4-6-15(16)20(29)25-17/h4-7,12H,8-11H2,1-3H3,(H,24,25,29). The Kier molecular flexibility index (Phi) is 6.15. The first kappa shape index (κ1) is 21.8. The van der Waals surface area contributed by atoms with Gasteiger partial charge < -0.3 is 14.6 Å². The highest BCUT2D eigenvalue weighted by Gasteiger charge is 2.19. The van der Waals surface area contributed by atoms with Crippen LogP contribution in [-0.2, 0) is 22.6 Å². The van der Waals surface area contributed by atoms with Crippen molar-refractivity contribution in [3.63, 3.8) is 0 Å². The number of carbonyl (C=O) groups excluding carboxylic acids is 1. The fraction of sp³-hybridized carbons (Fsp3) is 0.318. The highest BCUT2D eigenvalue weighted by Crippen LogP contribution is 2.25. The second-order valence-corrected chi connectivity index (χ2v) is 8.68. The van der Waals surface area contributed by atoms with Gasteiger partial charge in [0.1, 0.15) is 17.2 Å². The number of para-hydroxylation sites is 1. The Morgan fingerprint density at radius 2 is 2.03 bits per heavy atom. The number of hydrogen-bond acceptors (Lipinski definition) is 7. The molecule has 9 nitrogen and oxygen atoms in total. The molecule has 0 aliphatic rings. The number of nitrogens with zero attached hydrogens (tertiary/aromatic N) is 4. The third-order valence-electron chi connectivity index (χ3n) is 5.38. The second kappa shape index (κ2) is 9.01. The average Bonchev–Trinajstić information content (AvgIpc) is 3.07. The number of amides is 1. The van der Waals surface area contributed by atoms with Gasteiger partial charge in [0.05, 0.1) is 35.8 Å². The topological polar surface area (TPSA) is 110 Å². The molecule has 0 fully saturated rings. The van der Waals surface area contributed by atoms with Crippen LogP contribution < -0.4 is 11.1 Å². The minimum absolute atomic E-state index is 0.0866. The Hall–Kier alpha value is -3.37. The van der Waals surface area contributed by atoms with Gasteiger partial charge in [0, 0.05) is 18.5 Å². The number of aromatic nitrogens is 4. The summed E-state index contributed by atoms with van der Waals surface area (Å²) in [5.74, 6) is 0.0640. The van der Waals surface area contributed by atoms with Gasteiger partial charge in [-0.05, 0) is 31.5 Å². The predicted octanol–water partition coefficient (Wildman–Crippen LogP) is 1.99. The minimum Gasteiger partial charge on any atom is -0.383 e. The summed E-state index contributed by atoms with van der Waals surface area (Å²) in [6.07, 6.45) is 1.41. The smallest absolute Gasteiger partial charge is 0.262 e. The molecular formula is C22H23N5O4S. The Bertz CT molecular complexity index is 1420. The van der Waals surface area contributed by atoms with E-state index in [0.717, 1.165) is 10.4 Å². The van der Waals surface area contributed by atoms with Gasteiger partial charge in [0.15, 0.2) is 0 Å². The van der Waals surface area contributed by atoms with Crippen LogP contribution in [0.1, 0.15) is 16.3 Å². The molecule has 4 aromatic rings. The summed E-state index contributed by atoms with van der Waals surface area (Å²) < 4.78 is 6.46. The third-order valence-corrected chi connectivity index (χ3v) is 6.50. The number of hydrogen-bond donors (Lipinski definition) is 1. The van der Waals surface area contributed by atoms with Gasteiger partial charge in [0.2, 0.25) is 5.91 Å². The first-order chi connectivity index (χ1) is 15.4. The van der Waals surface area contributed by atoms with Gasteiger partial charge in [-0.15, -0.1) is 11.3 Å². The lowest BCUT2D eigenvalue weighted by Crippen LogP contribution is -2.38. The molecule has 166 valence electrons. The van der Waals surface area contributed by atoms with E-state index in [1.54, 1.807) is 31.4 Å². The van der Waals surface area contributed by atoms with E-state index in [4.69, 9.17) is 4.74 Å². The van der Waals surface area contributed by atoms with E-state index in [1.165, 1.54) is 27.1 Å². The van der Waals surface area contributed by atoms with E-state index in [2.05, 4.69) is 15.0 Å². The van der Waals surface area contributed by atoms with Crippen LogP contribution in [0, 0.1) is 13.8 Å². The van der Waals surface area contributed by atoms with Crippen LogP contribution in [0.3, 0.4) is 0 Å². The van der Waals surface area contributed by atoms with Crippen molar-refractivity contribution in [3.05, 3.63) is 67.6 Å². The SMILES string of the molecule is COCCN(Cc1nc2ccccc2c(=O)[nH]1)C(=O)Cn1cnc2sc(C)c(C)c2c1=O. The average molecular weight is 454 g/mol. The molecule has 1 amide bonds. The van der Waals surface area contributed by atoms with Crippen LogP contribution in [0.25, 0.3) is 21.1 Å². The highest BCUT2D eigenvalue weighted by molar-refractivity contribution is 7.18. The molecular weight excluding hydrogens is 430 g/mol. The summed E-state index contributed by atoms with van der Waals surface area (Å²) in [6.45, 7) is 4.34. The number of aryl methyl sites for hydroxylation is 2. The Morgan fingerprint density at radius 1 is 1.25 bits per heavy atom. The van der Waals surface area contributed by atoms with E-state index in [9.17, 15) is 14.4 Å². The molecule has 0 atom stereocenters. The van der Waals surface area contributed by atoms with Crippen LogP contribution in [0.2, 0.25) is 0 Å². The first-order valence-electron chi connectivity index (χ1n) is 10.1. The lowest BCUT2D eigenvalue weighted by Gasteiger charge is -2.22. The van der Waals surface area contributed by atoms with Crippen LogP contribution in [-0.4, -0.2) is 50.6 Å². The quantitative estimate of drug-likeness (QED) is 0.458. The first-order valence-corrected chi connectivity index (χ1v) is 10.9. The molecule has 0 saturated heterocycles. The molecule has 0 bridgehead atoms. The number of carbonyl (C=O) groups is 1. The highest BCUT2D eigenvalue weighted by atomic mass is 32.1. The lowest BCUT2D eigenvalue weighted by atomic mass is 10.2. The van der Waals surface area contributed by atoms with Crippen molar-refractivity contribution in [2.45, 2.75) is 26.9 Å². The van der Waals surface area contributed by atoms with Crippen molar-refractivity contribution in [3.8, 4) is 0 Å². The predicted molar refractivity (Wildman–Crippen MR) is 123 cm³/mol. The number of aromatic amines is 1. The molecule has 32 heavy (non-hydrogen) atoms. The van der Waals surface area contributed by atoms with Gasteiger partial charge in [-0.25, -0.2) is 9.97 Å². The van der Waals surface area contributed by atoms with Crippen LogP contribution in [0.5, 0.6) is 0 Å². The van der Waals surface area contributed by atoms with Crippen molar-refractivity contribution < 1.29 is 9.53 Å². The van der Waals surface area contributed by atoms with E-state index in [-0.39, 0.29) is 36.7 Å². The van der Waals surface area contributed by atoms with Crippen LogP contribution >= 0.6 is 11.3 Å². The Morgan fingerprint density at radius 3 is 2.81 bits per heavy atom. The van der Waals surface area contributed by atoms with Crippen molar-refractivity contribution in [2.24, 2.45) is 0 Å². The maximum Gasteiger partial charge on any atom is 0.262 e. The van der Waals surface area contributed by atoms with Crippen LogP contribution in [0.4, 0.5) is 0 Å². The normalized spacial score (nSPS) is 11.3. The summed E-state index contributed by atoms with van der Waals surface area (Å²) >= 11 is 1.46. The minimum atomic E-state index is -0.300. The molecule has 3 heterocycles. The summed E-state index contributed by atoms with van der Waals surface area (Å²) in [5, 5.41) is 1.03. The second-order valence-electron chi connectivity index (χ2n) is 7.48. The number of nitrogens with one attached hydrogen (secondary N) is 1. The van der Waals surface area contributed by atoms with E-state index < -0.39 is 0 Å². The number of fused-ring (bicyclic) bond motifs is 2. The zero-order valence-corrected chi connectivity index (χ0v) is 18.9. The van der Waals surface area contributed by atoms with Gasteiger partial charge in [-0.2, -0.15) is 0 Å². The van der Waals surface area contributed by atoms with Crippen molar-refractivity contribution in [2.75, 3.05) is 20.3 Å². The lowest BCUT2D eigenvalue weighted by molar-refractivity contribution is -0.133. The number of benzene rings is 1. The molecule has 0 saturated carbocycles. The Labute approximate surface area is 187 Å². The molecule has 0 aliphatic carbocycles. The fourth-order valence-corrected chi connectivity index (χ4v) is 4.50. The zero-order valence-electron chi connectivity index (χ0n) is 18.0. The largest absolute Gasteiger partial charge is 0.383 e. The fourth-order valence-electron chi connectivity index (χ4n) is 3.51. The summed E-state index contributed by atoms with van der Waals surface area (Å²) in [4.78, 5) is 53.2. The van der Waals surface area contributed by atoms with Gasteiger partial charge in [-0.1, -0.05) is 12.1 Å². The van der Waals surface area contributed by atoms with Gasteiger partial charge in [-0.3, -0.25) is 19.0 Å². The van der Waals surface area contributed by atoms with E-state index in [0.29, 0.717) is 33.6 Å². The maximum atomic E-state index is 13.1. The van der Waals surface area contributed by atoms with E-state index >= 15 is 0 Å². The molecule has 0 aliphatic heterocycles. The van der Waals surface area contributed by atoms with Gasteiger partial charge >= 0.3 is 0 Å². The van der Waals surface area contributed by atoms with Crippen molar-refractivity contribution in [1.29, 1.82) is 0 Å². The third kappa shape index (κ3) is 4.19. The van der Waals surface area contributed by atoms with Crippen LogP contribution in [0.15, 0.2) is 40.2 Å². The molecule has 10 heteroatoms. The summed E-state index contributed by atoms with van der Waals surface area (Å²) in [5.41, 5.74) is 0.936. The maximum absolute atomic E-state index is 13.1. The molecule has 3 aromatic heterocycles. The number of H-pyrrole nitrogens is 1. The molecule has 4 rings (SSSR count). The molecule has 0 radical (unpaired) electrons. The summed E-state index contributed by atoms with van der Waals surface area (Å²) in [7, 11) is 1.54. The molecule has 1 aromatic carbocycles. The van der Waals surface area contributed by atoms with E-state index in [1.807, 2.05) is 13.8 Å². The van der Waals surface area contributed by atoms with Gasteiger partial charge in [0.25, 0.3) is 11.1 Å². The molecule has 0 unspecified atom stereocenters. The zero-order chi connectivity index (χ0) is 22.8. The van der Waals surface area contributed by atoms with Crippen molar-refractivity contribution in [1.82, 2.24) is 24.4 Å². The number of thiophene rings is 1.